The van der Waals surface area contributed by atoms with Gasteiger partial charge >= 0.3 is 6.03 Å². The number of aryl methyl sites for hydroxylation is 1. The van der Waals surface area contributed by atoms with Gasteiger partial charge in [-0.3, -0.25) is 5.32 Å². The van der Waals surface area contributed by atoms with Crippen LogP contribution in [0.2, 0.25) is 0 Å². The van der Waals surface area contributed by atoms with Crippen LogP contribution >= 0.6 is 11.3 Å². The topological polar surface area (TPSA) is 80.0 Å². The van der Waals surface area contributed by atoms with E-state index in [1.54, 1.807) is 5.51 Å². The molecule has 0 saturated carbocycles. The Labute approximate surface area is 102 Å². The van der Waals surface area contributed by atoms with E-state index in [1.165, 1.54) is 11.3 Å². The maximum Gasteiger partial charge on any atom is 0.321 e. The Balaban J connectivity index is 1.90. The lowest BCUT2D eigenvalue weighted by molar-refractivity contribution is 0.247. The monoisotopic (exact) mass is 252 g/mol. The molecular formula is C10H12N4O2S. The number of furan rings is 1. The number of nitrogens with zero attached hydrogens (tertiary/aromatic N) is 2. The Hall–Kier alpha value is -1.89. The first-order valence-electron chi connectivity index (χ1n) is 5.05. The summed E-state index contributed by atoms with van der Waals surface area (Å²) in [5.74, 6) is 1.54. The Morgan fingerprint density at radius 1 is 1.53 bits per heavy atom. The molecule has 0 radical (unpaired) electrons. The van der Waals surface area contributed by atoms with E-state index < -0.39 is 0 Å². The molecule has 0 spiro atoms. The van der Waals surface area contributed by atoms with Gasteiger partial charge in [0.1, 0.15) is 17.0 Å². The summed E-state index contributed by atoms with van der Waals surface area (Å²) in [5, 5.41) is 13.1. The molecule has 2 aromatic rings. The van der Waals surface area contributed by atoms with Crippen LogP contribution in [0.25, 0.3) is 0 Å². The SMILES string of the molecule is Cc1ccc([C@@H](C)NC(=O)Nc2nncs2)o1. The highest BCUT2D eigenvalue weighted by molar-refractivity contribution is 7.13. The van der Waals surface area contributed by atoms with Crippen molar-refractivity contribution >= 4 is 22.5 Å². The highest BCUT2D eigenvalue weighted by atomic mass is 32.1. The first-order valence-corrected chi connectivity index (χ1v) is 5.93. The third-order valence-corrected chi connectivity index (χ3v) is 2.72. The van der Waals surface area contributed by atoms with Gasteiger partial charge in [0.05, 0.1) is 6.04 Å². The molecule has 2 amide bonds. The van der Waals surface area contributed by atoms with Crippen LogP contribution in [0.3, 0.4) is 0 Å². The van der Waals surface area contributed by atoms with E-state index in [1.807, 2.05) is 26.0 Å². The molecule has 0 aliphatic heterocycles. The van der Waals surface area contributed by atoms with Gasteiger partial charge in [-0.15, -0.1) is 10.2 Å². The van der Waals surface area contributed by atoms with Gasteiger partial charge in [0.25, 0.3) is 0 Å². The zero-order valence-electron chi connectivity index (χ0n) is 9.43. The van der Waals surface area contributed by atoms with Gasteiger partial charge in [-0.05, 0) is 26.0 Å². The second kappa shape index (κ2) is 4.96. The minimum absolute atomic E-state index is 0.198. The third-order valence-electron chi connectivity index (χ3n) is 2.12. The summed E-state index contributed by atoms with van der Waals surface area (Å²) < 4.78 is 5.41. The van der Waals surface area contributed by atoms with Crippen molar-refractivity contribution in [3.8, 4) is 0 Å². The highest BCUT2D eigenvalue weighted by Crippen LogP contribution is 2.16. The molecule has 17 heavy (non-hydrogen) atoms. The lowest BCUT2D eigenvalue weighted by Gasteiger charge is -2.10. The molecule has 2 aromatic heterocycles. The van der Waals surface area contributed by atoms with Crippen LogP contribution in [-0.4, -0.2) is 16.2 Å². The van der Waals surface area contributed by atoms with Gasteiger partial charge in [-0.1, -0.05) is 11.3 Å². The zero-order valence-corrected chi connectivity index (χ0v) is 10.2. The van der Waals surface area contributed by atoms with E-state index in [2.05, 4.69) is 20.8 Å². The molecule has 6 nitrogen and oxygen atoms in total. The lowest BCUT2D eigenvalue weighted by Crippen LogP contribution is -2.30. The fourth-order valence-electron chi connectivity index (χ4n) is 1.31. The second-order valence-electron chi connectivity index (χ2n) is 3.51. The molecule has 0 fully saturated rings. The minimum atomic E-state index is -0.330. The van der Waals surface area contributed by atoms with Gasteiger partial charge in [-0.2, -0.15) is 0 Å². The van der Waals surface area contributed by atoms with E-state index >= 15 is 0 Å². The molecule has 0 bridgehead atoms. The van der Waals surface area contributed by atoms with Gasteiger partial charge in [0.15, 0.2) is 0 Å². The summed E-state index contributed by atoms with van der Waals surface area (Å²) in [7, 11) is 0. The number of amides is 2. The van der Waals surface area contributed by atoms with Crippen LogP contribution in [0.4, 0.5) is 9.93 Å². The average Bonchev–Trinajstić information content (AvgIpc) is 2.89. The van der Waals surface area contributed by atoms with Crippen molar-refractivity contribution in [1.82, 2.24) is 15.5 Å². The quantitative estimate of drug-likeness (QED) is 0.878. The summed E-state index contributed by atoms with van der Waals surface area (Å²) in [4.78, 5) is 11.6. The Bertz CT molecular complexity index is 494. The van der Waals surface area contributed by atoms with Crippen molar-refractivity contribution in [1.29, 1.82) is 0 Å². The maximum absolute atomic E-state index is 11.6. The van der Waals surface area contributed by atoms with Crippen LogP contribution in [0.5, 0.6) is 0 Å². The normalized spacial score (nSPS) is 12.1. The van der Waals surface area contributed by atoms with Crippen LogP contribution in [-0.2, 0) is 0 Å². The summed E-state index contributed by atoms with van der Waals surface area (Å²) in [6.45, 7) is 3.70. The van der Waals surface area contributed by atoms with Crippen LogP contribution in [0.15, 0.2) is 22.1 Å². The summed E-state index contributed by atoms with van der Waals surface area (Å²) >= 11 is 1.26. The standard InChI is InChI=1S/C10H12N4O2S/c1-6-3-4-8(16-6)7(2)12-9(15)13-10-14-11-5-17-10/h3-5,7H,1-2H3,(H2,12,13,14,15)/t7-/m1/s1. The Morgan fingerprint density at radius 2 is 2.35 bits per heavy atom. The number of carbonyl (C=O) groups is 1. The van der Waals surface area contributed by atoms with Crippen LogP contribution in [0.1, 0.15) is 24.5 Å². The Morgan fingerprint density at radius 3 is 2.94 bits per heavy atom. The fourth-order valence-corrected chi connectivity index (χ4v) is 1.75. The summed E-state index contributed by atoms with van der Waals surface area (Å²) in [6, 6.07) is 3.17. The maximum atomic E-state index is 11.6. The third kappa shape index (κ3) is 3.04. The second-order valence-corrected chi connectivity index (χ2v) is 4.35. The van der Waals surface area contributed by atoms with Crippen LogP contribution < -0.4 is 10.6 Å². The van der Waals surface area contributed by atoms with Crippen molar-refractivity contribution in [2.45, 2.75) is 19.9 Å². The van der Waals surface area contributed by atoms with Crippen molar-refractivity contribution in [3.63, 3.8) is 0 Å². The van der Waals surface area contributed by atoms with E-state index in [-0.39, 0.29) is 12.1 Å². The van der Waals surface area contributed by atoms with Gasteiger partial charge in [0, 0.05) is 0 Å². The first kappa shape index (κ1) is 11.6. The predicted octanol–water partition coefficient (Wildman–Crippen LogP) is 2.32. The van der Waals surface area contributed by atoms with Crippen molar-refractivity contribution < 1.29 is 9.21 Å². The molecule has 90 valence electrons. The summed E-state index contributed by atoms with van der Waals surface area (Å²) in [5.41, 5.74) is 1.55. The highest BCUT2D eigenvalue weighted by Gasteiger charge is 2.13. The minimum Gasteiger partial charge on any atom is -0.464 e. The van der Waals surface area contributed by atoms with E-state index in [0.717, 1.165) is 11.5 Å². The molecule has 0 saturated heterocycles. The lowest BCUT2D eigenvalue weighted by atomic mass is 10.2. The van der Waals surface area contributed by atoms with E-state index in [4.69, 9.17) is 4.42 Å². The molecular weight excluding hydrogens is 240 g/mol. The number of urea groups is 1. The average molecular weight is 252 g/mol. The van der Waals surface area contributed by atoms with Crippen molar-refractivity contribution in [3.05, 3.63) is 29.2 Å². The molecule has 0 aromatic carbocycles. The van der Waals surface area contributed by atoms with E-state index in [9.17, 15) is 4.79 Å². The number of hydrogen-bond acceptors (Lipinski definition) is 5. The van der Waals surface area contributed by atoms with Crippen molar-refractivity contribution in [2.75, 3.05) is 5.32 Å². The molecule has 2 heterocycles. The van der Waals surface area contributed by atoms with E-state index in [0.29, 0.717) is 5.13 Å². The number of nitrogens with one attached hydrogen (secondary N) is 2. The number of hydrogen-bond donors (Lipinski definition) is 2. The van der Waals surface area contributed by atoms with Gasteiger partial charge in [0.2, 0.25) is 5.13 Å². The number of rotatable bonds is 3. The molecule has 7 heteroatoms. The molecule has 1 atom stereocenters. The van der Waals surface area contributed by atoms with Crippen molar-refractivity contribution in [2.24, 2.45) is 0 Å². The molecule has 2 N–H and O–H groups in total. The van der Waals surface area contributed by atoms with Gasteiger partial charge in [-0.25, -0.2) is 4.79 Å². The molecule has 0 aliphatic rings. The number of carbonyl (C=O) groups excluding carboxylic acids is 1. The number of anilines is 1. The molecule has 0 unspecified atom stereocenters. The first-order chi connectivity index (χ1) is 8.15. The number of aromatic nitrogens is 2. The fraction of sp³-hybridized carbons (Fsp3) is 0.300. The largest absolute Gasteiger partial charge is 0.464 e. The van der Waals surface area contributed by atoms with Gasteiger partial charge < -0.3 is 9.73 Å². The zero-order chi connectivity index (χ0) is 12.3. The molecule has 2 rings (SSSR count). The smallest absolute Gasteiger partial charge is 0.321 e. The molecule has 0 aliphatic carbocycles. The van der Waals surface area contributed by atoms with Crippen LogP contribution in [0, 0.1) is 6.92 Å². The Kier molecular flexibility index (Phi) is 3.38. The predicted molar refractivity (Wildman–Crippen MR) is 63.9 cm³/mol. The summed E-state index contributed by atoms with van der Waals surface area (Å²) in [6.07, 6.45) is 0.